The highest BCUT2D eigenvalue weighted by atomic mass is 16.5. The van der Waals surface area contributed by atoms with Gasteiger partial charge in [-0.15, -0.1) is 0 Å². The summed E-state index contributed by atoms with van der Waals surface area (Å²) in [6.45, 7) is 5.94. The van der Waals surface area contributed by atoms with Gasteiger partial charge in [0.05, 0.1) is 6.61 Å². The quantitative estimate of drug-likeness (QED) is 0.873. The summed E-state index contributed by atoms with van der Waals surface area (Å²) in [5, 5.41) is 1.01. The number of likely N-dealkylation sites (tertiary alicyclic amines) is 1. The van der Waals surface area contributed by atoms with Gasteiger partial charge in [0, 0.05) is 30.0 Å². The predicted molar refractivity (Wildman–Crippen MR) is 101 cm³/mol. The topological polar surface area (TPSA) is 48.6 Å². The van der Waals surface area contributed by atoms with Crippen LogP contribution in [-0.2, 0) is 0 Å². The molecular formula is C20H29N3O2. The summed E-state index contributed by atoms with van der Waals surface area (Å²) in [5.41, 5.74) is 1.58. The Morgan fingerprint density at radius 1 is 1.40 bits per heavy atom. The number of H-pyrrole nitrogens is 1. The molecule has 1 aromatic heterocycles. The van der Waals surface area contributed by atoms with Crippen molar-refractivity contribution < 1.29 is 9.53 Å². The minimum atomic E-state index is 0.0120. The third-order valence-electron chi connectivity index (χ3n) is 5.31. The second kappa shape index (κ2) is 7.48. The summed E-state index contributed by atoms with van der Waals surface area (Å²) in [6, 6.07) is 8.69. The molecule has 2 heterocycles. The van der Waals surface area contributed by atoms with Gasteiger partial charge < -0.3 is 19.5 Å². The molecule has 1 aliphatic rings. The highest BCUT2D eigenvalue weighted by Gasteiger charge is 2.20. The molecule has 1 amide bonds. The lowest BCUT2D eigenvalue weighted by Crippen LogP contribution is -2.33. The molecule has 0 radical (unpaired) electrons. The van der Waals surface area contributed by atoms with Crippen molar-refractivity contribution in [3.8, 4) is 5.75 Å². The van der Waals surface area contributed by atoms with E-state index in [1.807, 2.05) is 45.2 Å². The summed E-state index contributed by atoms with van der Waals surface area (Å²) in [6.07, 6.45) is 3.62. The molecule has 1 fully saturated rings. The minimum Gasteiger partial charge on any atom is -0.494 e. The minimum absolute atomic E-state index is 0.0120. The molecular weight excluding hydrogens is 314 g/mol. The molecule has 3 rings (SSSR count). The fourth-order valence-electron chi connectivity index (χ4n) is 3.40. The SMILES string of the molecule is CC(C)N(C)C(=O)c1cc2cc(OCCC3CCCN3C)ccc2[nH]1. The van der Waals surface area contributed by atoms with Crippen LogP contribution in [0.15, 0.2) is 24.3 Å². The smallest absolute Gasteiger partial charge is 0.270 e. The Bertz CT molecular complexity index is 738. The maximum atomic E-state index is 12.4. The zero-order valence-corrected chi connectivity index (χ0v) is 15.7. The van der Waals surface area contributed by atoms with Gasteiger partial charge in [0.15, 0.2) is 0 Å². The van der Waals surface area contributed by atoms with E-state index < -0.39 is 0 Å². The second-order valence-corrected chi connectivity index (χ2v) is 7.36. The lowest BCUT2D eigenvalue weighted by molar-refractivity contribution is 0.0750. The molecule has 1 N–H and O–H groups in total. The zero-order chi connectivity index (χ0) is 18.0. The number of nitrogens with one attached hydrogen (secondary N) is 1. The molecule has 136 valence electrons. The summed E-state index contributed by atoms with van der Waals surface area (Å²) in [5.74, 6) is 0.876. The second-order valence-electron chi connectivity index (χ2n) is 7.36. The van der Waals surface area contributed by atoms with E-state index in [4.69, 9.17) is 4.74 Å². The van der Waals surface area contributed by atoms with Crippen LogP contribution in [0, 0.1) is 0 Å². The van der Waals surface area contributed by atoms with E-state index in [1.54, 1.807) is 4.90 Å². The first-order valence-corrected chi connectivity index (χ1v) is 9.18. The van der Waals surface area contributed by atoms with E-state index in [1.165, 1.54) is 19.4 Å². The summed E-state index contributed by atoms with van der Waals surface area (Å²) >= 11 is 0. The molecule has 1 unspecified atom stereocenters. The van der Waals surface area contributed by atoms with E-state index in [9.17, 15) is 4.79 Å². The molecule has 1 saturated heterocycles. The van der Waals surface area contributed by atoms with E-state index in [-0.39, 0.29) is 11.9 Å². The number of fused-ring (bicyclic) bond motifs is 1. The number of amides is 1. The van der Waals surface area contributed by atoms with Crippen molar-refractivity contribution >= 4 is 16.8 Å². The van der Waals surface area contributed by atoms with Crippen LogP contribution in [0.25, 0.3) is 10.9 Å². The number of hydrogen-bond acceptors (Lipinski definition) is 3. The number of hydrogen-bond donors (Lipinski definition) is 1. The van der Waals surface area contributed by atoms with Crippen LogP contribution in [0.4, 0.5) is 0 Å². The number of nitrogens with zero attached hydrogens (tertiary/aromatic N) is 2. The highest BCUT2D eigenvalue weighted by molar-refractivity contribution is 5.98. The number of aromatic amines is 1. The molecule has 1 aliphatic heterocycles. The number of benzene rings is 1. The van der Waals surface area contributed by atoms with Crippen molar-refractivity contribution in [2.24, 2.45) is 0 Å². The van der Waals surface area contributed by atoms with E-state index in [2.05, 4.69) is 16.9 Å². The third kappa shape index (κ3) is 3.98. The average molecular weight is 343 g/mol. The van der Waals surface area contributed by atoms with Gasteiger partial charge in [-0.05, 0) is 71.0 Å². The zero-order valence-electron chi connectivity index (χ0n) is 15.7. The molecule has 5 nitrogen and oxygen atoms in total. The van der Waals surface area contributed by atoms with Crippen LogP contribution in [0.1, 0.15) is 43.6 Å². The van der Waals surface area contributed by atoms with Crippen molar-refractivity contribution in [3.63, 3.8) is 0 Å². The first-order chi connectivity index (χ1) is 12.0. The average Bonchev–Trinajstić information content (AvgIpc) is 3.19. The first-order valence-electron chi connectivity index (χ1n) is 9.18. The molecule has 0 bridgehead atoms. The number of carbonyl (C=O) groups excluding carboxylic acids is 1. The van der Waals surface area contributed by atoms with E-state index in [0.717, 1.165) is 29.7 Å². The van der Waals surface area contributed by atoms with Gasteiger partial charge in [-0.2, -0.15) is 0 Å². The van der Waals surface area contributed by atoms with Gasteiger partial charge in [-0.25, -0.2) is 0 Å². The van der Waals surface area contributed by atoms with Crippen LogP contribution >= 0.6 is 0 Å². The Hall–Kier alpha value is -2.01. The normalized spacial score (nSPS) is 18.2. The van der Waals surface area contributed by atoms with Crippen LogP contribution in [0.3, 0.4) is 0 Å². The predicted octanol–water partition coefficient (Wildman–Crippen LogP) is 3.51. The molecule has 0 spiro atoms. The lowest BCUT2D eigenvalue weighted by atomic mass is 10.1. The van der Waals surface area contributed by atoms with Crippen LogP contribution in [-0.4, -0.2) is 60.0 Å². The first kappa shape index (κ1) is 17.8. The van der Waals surface area contributed by atoms with Gasteiger partial charge >= 0.3 is 0 Å². The number of carbonyl (C=O) groups is 1. The molecule has 5 heteroatoms. The van der Waals surface area contributed by atoms with Crippen LogP contribution in [0.2, 0.25) is 0 Å². The lowest BCUT2D eigenvalue weighted by Gasteiger charge is -2.20. The molecule has 2 aromatic rings. The maximum absolute atomic E-state index is 12.4. The summed E-state index contributed by atoms with van der Waals surface area (Å²) < 4.78 is 5.94. The number of ether oxygens (including phenoxy) is 1. The van der Waals surface area contributed by atoms with Crippen molar-refractivity contribution in [1.29, 1.82) is 0 Å². The molecule has 1 atom stereocenters. The van der Waals surface area contributed by atoms with Crippen molar-refractivity contribution in [1.82, 2.24) is 14.8 Å². The van der Waals surface area contributed by atoms with Gasteiger partial charge in [0.1, 0.15) is 11.4 Å². The molecule has 1 aromatic carbocycles. The fraction of sp³-hybridized carbons (Fsp3) is 0.550. The number of aromatic nitrogens is 1. The highest BCUT2D eigenvalue weighted by Crippen LogP contribution is 2.24. The molecule has 0 aliphatic carbocycles. The van der Waals surface area contributed by atoms with Gasteiger partial charge in [0.2, 0.25) is 0 Å². The van der Waals surface area contributed by atoms with Crippen molar-refractivity contribution in [3.05, 3.63) is 30.0 Å². The Labute approximate surface area is 149 Å². The van der Waals surface area contributed by atoms with Crippen LogP contribution in [0.5, 0.6) is 5.75 Å². The van der Waals surface area contributed by atoms with E-state index >= 15 is 0 Å². The Kier molecular flexibility index (Phi) is 5.33. The van der Waals surface area contributed by atoms with Crippen molar-refractivity contribution in [2.75, 3.05) is 27.2 Å². The van der Waals surface area contributed by atoms with Gasteiger partial charge in [-0.1, -0.05) is 0 Å². The van der Waals surface area contributed by atoms with Gasteiger partial charge in [0.25, 0.3) is 5.91 Å². The summed E-state index contributed by atoms with van der Waals surface area (Å²) in [4.78, 5) is 19.8. The Morgan fingerprint density at radius 2 is 2.20 bits per heavy atom. The van der Waals surface area contributed by atoms with E-state index in [0.29, 0.717) is 11.7 Å². The molecule has 25 heavy (non-hydrogen) atoms. The van der Waals surface area contributed by atoms with Gasteiger partial charge in [-0.3, -0.25) is 4.79 Å². The standard InChI is InChI=1S/C20H29N3O2/c1-14(2)23(4)20(24)19-13-15-12-17(7-8-18(15)21-19)25-11-9-16-6-5-10-22(16)3/h7-8,12-14,16,21H,5-6,9-11H2,1-4H3. The molecule has 0 saturated carbocycles. The monoisotopic (exact) mass is 343 g/mol. The van der Waals surface area contributed by atoms with Crippen LogP contribution < -0.4 is 4.74 Å². The maximum Gasteiger partial charge on any atom is 0.270 e. The third-order valence-corrected chi connectivity index (χ3v) is 5.31. The Morgan fingerprint density at radius 3 is 2.88 bits per heavy atom. The largest absolute Gasteiger partial charge is 0.494 e. The fourth-order valence-corrected chi connectivity index (χ4v) is 3.40. The van der Waals surface area contributed by atoms with Crippen molar-refractivity contribution in [2.45, 2.75) is 45.2 Å². The summed E-state index contributed by atoms with van der Waals surface area (Å²) in [7, 11) is 4.02. The Balaban J connectivity index is 1.65. The number of rotatable bonds is 6.